The van der Waals surface area contributed by atoms with Gasteiger partial charge in [0.2, 0.25) is 15.9 Å². The molecule has 8 nitrogen and oxygen atoms in total. The van der Waals surface area contributed by atoms with Crippen LogP contribution in [0.15, 0.2) is 33.7 Å². The van der Waals surface area contributed by atoms with Crippen LogP contribution >= 0.6 is 0 Å². The number of alkyl halides is 3. The Morgan fingerprint density at radius 2 is 1.67 bits per heavy atom. The lowest BCUT2D eigenvalue weighted by Gasteiger charge is -2.37. The smallest absolute Gasteiger partial charge is 0.379 e. The molecule has 1 aromatic heterocycles. The average Bonchev–Trinajstić information content (AvgIpc) is 3.26. The van der Waals surface area contributed by atoms with Crippen molar-refractivity contribution in [3.8, 4) is 0 Å². The van der Waals surface area contributed by atoms with Crippen LogP contribution < -0.4 is 4.90 Å². The molecular formula is C21H24F3N3O5S. The fraction of sp³-hybridized carbons (Fsp3) is 0.524. The maximum Gasteiger partial charge on any atom is 0.418 e. The first kappa shape index (κ1) is 23.7. The van der Waals surface area contributed by atoms with Crippen LogP contribution in [0.5, 0.6) is 0 Å². The molecule has 3 heterocycles. The second-order valence-corrected chi connectivity index (χ2v) is 10.5. The Balaban J connectivity index is 1.47. The molecule has 1 spiro atoms. The summed E-state index contributed by atoms with van der Waals surface area (Å²) in [4.78, 5) is 14.8. The SMILES string of the molecule is Cc1noc(C)c1S(=O)(=O)N1CCC2(CCN(c3ccc(C(O)C(F)(F)F)cc3)C2=O)CC1. The lowest BCUT2D eigenvalue weighted by molar-refractivity contribution is -0.206. The number of aryl methyl sites for hydroxylation is 2. The topological polar surface area (TPSA) is 104 Å². The first-order valence-electron chi connectivity index (χ1n) is 10.5. The number of rotatable bonds is 4. The third kappa shape index (κ3) is 4.04. The number of hydrogen-bond donors (Lipinski definition) is 1. The zero-order valence-corrected chi connectivity index (χ0v) is 18.9. The van der Waals surface area contributed by atoms with Crippen molar-refractivity contribution in [3.05, 3.63) is 41.3 Å². The maximum atomic E-state index is 13.3. The van der Waals surface area contributed by atoms with E-state index in [1.807, 2.05) is 0 Å². The molecule has 12 heteroatoms. The summed E-state index contributed by atoms with van der Waals surface area (Å²) in [6, 6.07) is 5.09. The number of aliphatic hydroxyl groups is 1. The number of aromatic nitrogens is 1. The van der Waals surface area contributed by atoms with Crippen LogP contribution in [0.2, 0.25) is 0 Å². The first-order valence-corrected chi connectivity index (χ1v) is 11.9. The Morgan fingerprint density at radius 1 is 1.09 bits per heavy atom. The molecule has 0 aliphatic carbocycles. The zero-order chi connectivity index (χ0) is 24.2. The van der Waals surface area contributed by atoms with E-state index in [0.29, 0.717) is 31.5 Å². The third-order valence-electron chi connectivity index (χ3n) is 6.59. The van der Waals surface area contributed by atoms with Crippen LogP contribution in [0, 0.1) is 19.3 Å². The number of anilines is 1. The van der Waals surface area contributed by atoms with Crippen LogP contribution in [-0.4, -0.2) is 54.7 Å². The molecule has 2 aliphatic rings. The van der Waals surface area contributed by atoms with Crippen molar-refractivity contribution < 1.29 is 36.0 Å². The summed E-state index contributed by atoms with van der Waals surface area (Å²) >= 11 is 0. The molecule has 1 aromatic carbocycles. The Bertz CT molecular complexity index is 1130. The van der Waals surface area contributed by atoms with Gasteiger partial charge < -0.3 is 14.5 Å². The summed E-state index contributed by atoms with van der Waals surface area (Å²) in [5, 5.41) is 13.1. The van der Waals surface area contributed by atoms with Gasteiger partial charge in [-0.2, -0.15) is 17.5 Å². The van der Waals surface area contributed by atoms with Gasteiger partial charge in [0, 0.05) is 25.3 Å². The Labute approximate surface area is 189 Å². The molecule has 0 bridgehead atoms. The highest BCUT2D eigenvalue weighted by Gasteiger charge is 2.50. The van der Waals surface area contributed by atoms with E-state index >= 15 is 0 Å². The van der Waals surface area contributed by atoms with Gasteiger partial charge in [0.1, 0.15) is 10.6 Å². The quantitative estimate of drug-likeness (QED) is 0.711. The lowest BCUT2D eigenvalue weighted by atomic mass is 9.77. The van der Waals surface area contributed by atoms with Gasteiger partial charge in [0.25, 0.3) is 0 Å². The number of hydrogen-bond acceptors (Lipinski definition) is 6. The molecule has 2 aromatic rings. The molecule has 2 saturated heterocycles. The Hall–Kier alpha value is -2.44. The minimum Gasteiger partial charge on any atom is -0.379 e. The Kier molecular flexibility index (Phi) is 5.82. The third-order valence-corrected chi connectivity index (χ3v) is 8.73. The highest BCUT2D eigenvalue weighted by Crippen LogP contribution is 2.44. The van der Waals surface area contributed by atoms with Crippen molar-refractivity contribution in [2.24, 2.45) is 5.41 Å². The van der Waals surface area contributed by atoms with Gasteiger partial charge in [-0.3, -0.25) is 4.79 Å². The molecule has 0 radical (unpaired) electrons. The van der Waals surface area contributed by atoms with E-state index in [4.69, 9.17) is 4.52 Å². The van der Waals surface area contributed by atoms with Crippen molar-refractivity contribution in [3.63, 3.8) is 0 Å². The largest absolute Gasteiger partial charge is 0.418 e. The van der Waals surface area contributed by atoms with Crippen molar-refractivity contribution in [1.29, 1.82) is 0 Å². The number of carbonyl (C=O) groups is 1. The average molecular weight is 488 g/mol. The predicted molar refractivity (Wildman–Crippen MR) is 111 cm³/mol. The van der Waals surface area contributed by atoms with E-state index in [0.717, 1.165) is 12.1 Å². The van der Waals surface area contributed by atoms with E-state index in [1.165, 1.54) is 28.3 Å². The lowest BCUT2D eigenvalue weighted by Crippen LogP contribution is -2.46. The molecular weight excluding hydrogens is 463 g/mol. The fourth-order valence-corrected chi connectivity index (χ4v) is 6.42. The summed E-state index contributed by atoms with van der Waals surface area (Å²) in [5.74, 6) is 0.0519. The molecule has 1 atom stereocenters. The molecule has 180 valence electrons. The zero-order valence-electron chi connectivity index (χ0n) is 18.1. The summed E-state index contributed by atoms with van der Waals surface area (Å²) in [5.41, 5.74) is -0.282. The molecule has 2 fully saturated rings. The number of amides is 1. The predicted octanol–water partition coefficient (Wildman–Crippen LogP) is 3.09. The second kappa shape index (κ2) is 8.10. The molecule has 1 unspecified atom stereocenters. The van der Waals surface area contributed by atoms with Crippen molar-refractivity contribution >= 4 is 21.6 Å². The summed E-state index contributed by atoms with van der Waals surface area (Å²) in [6.07, 6.45) is -6.15. The van der Waals surface area contributed by atoms with Crippen molar-refractivity contribution in [2.45, 2.75) is 50.3 Å². The molecule has 1 amide bonds. The number of carbonyl (C=O) groups excluding carboxylic acids is 1. The van der Waals surface area contributed by atoms with Crippen LogP contribution in [0.1, 0.15) is 42.4 Å². The van der Waals surface area contributed by atoms with Gasteiger partial charge in [0.05, 0.1) is 5.41 Å². The highest BCUT2D eigenvalue weighted by atomic mass is 32.2. The van der Waals surface area contributed by atoms with Crippen LogP contribution in [0.25, 0.3) is 0 Å². The summed E-state index contributed by atoms with van der Waals surface area (Å²) in [7, 11) is -3.80. The standard InChI is InChI=1S/C21H24F3N3O5S/c1-13-17(14(2)32-25-13)33(30,31)26-10-7-20(8-11-26)9-12-27(19(20)29)16-5-3-15(4-6-16)18(28)21(22,23)24/h3-6,18,28H,7-12H2,1-2H3. The van der Waals surface area contributed by atoms with E-state index < -0.39 is 27.7 Å². The van der Waals surface area contributed by atoms with Gasteiger partial charge in [-0.1, -0.05) is 17.3 Å². The van der Waals surface area contributed by atoms with Crippen molar-refractivity contribution in [1.82, 2.24) is 9.46 Å². The van der Waals surface area contributed by atoms with Crippen LogP contribution in [-0.2, 0) is 14.8 Å². The number of halogens is 3. The molecule has 1 N–H and O–H groups in total. The molecule has 4 rings (SSSR count). The molecule has 2 aliphatic heterocycles. The summed E-state index contributed by atoms with van der Waals surface area (Å²) < 4.78 is 70.6. The number of sulfonamides is 1. The van der Waals surface area contributed by atoms with Gasteiger partial charge in [-0.05, 0) is 50.8 Å². The maximum absolute atomic E-state index is 13.3. The monoisotopic (exact) mass is 487 g/mol. The van der Waals surface area contributed by atoms with E-state index in [-0.39, 0.29) is 40.9 Å². The Morgan fingerprint density at radius 3 is 2.18 bits per heavy atom. The normalized spacial score (nSPS) is 20.5. The first-order chi connectivity index (χ1) is 15.4. The molecule has 33 heavy (non-hydrogen) atoms. The van der Waals surface area contributed by atoms with Gasteiger partial charge in [-0.15, -0.1) is 0 Å². The second-order valence-electron chi connectivity index (χ2n) is 8.58. The molecule has 0 saturated carbocycles. The van der Waals surface area contributed by atoms with Crippen molar-refractivity contribution in [2.75, 3.05) is 24.5 Å². The van der Waals surface area contributed by atoms with Gasteiger partial charge >= 0.3 is 6.18 Å². The van der Waals surface area contributed by atoms with E-state index in [9.17, 15) is 31.5 Å². The number of piperidine rings is 1. The van der Waals surface area contributed by atoms with E-state index in [2.05, 4.69) is 5.16 Å². The van der Waals surface area contributed by atoms with Crippen LogP contribution in [0.3, 0.4) is 0 Å². The minimum atomic E-state index is -4.77. The highest BCUT2D eigenvalue weighted by molar-refractivity contribution is 7.89. The number of aliphatic hydroxyl groups excluding tert-OH is 1. The minimum absolute atomic E-state index is 0.0546. The summed E-state index contributed by atoms with van der Waals surface area (Å²) in [6.45, 7) is 3.82. The number of nitrogens with zero attached hydrogens (tertiary/aromatic N) is 3. The fourth-order valence-electron chi connectivity index (χ4n) is 4.68. The van der Waals surface area contributed by atoms with E-state index in [1.54, 1.807) is 6.92 Å². The van der Waals surface area contributed by atoms with Gasteiger partial charge in [0.15, 0.2) is 11.9 Å². The van der Waals surface area contributed by atoms with Gasteiger partial charge in [-0.25, -0.2) is 8.42 Å². The number of benzene rings is 1. The van der Waals surface area contributed by atoms with Crippen LogP contribution in [0.4, 0.5) is 18.9 Å².